The molecule has 0 bridgehead atoms. The highest BCUT2D eigenvalue weighted by Crippen LogP contribution is 2.17. The first-order valence-electron chi connectivity index (χ1n) is 6.92. The Labute approximate surface area is 114 Å². The molecular formula is C13H32NO3Si+. The van der Waals surface area contributed by atoms with Gasteiger partial charge in [0.05, 0.1) is 27.2 Å². The standard InChI is InChI=1S/C13H32NO3Si/c1-7-11-14(2,3)12-9-8-10-13-18(15-4,16-5)17-6/h7-13H2,1-6H3/q+1. The van der Waals surface area contributed by atoms with Crippen molar-refractivity contribution in [2.75, 3.05) is 48.5 Å². The molecule has 0 saturated heterocycles. The molecule has 0 amide bonds. The molecule has 110 valence electrons. The highest BCUT2D eigenvalue weighted by Gasteiger charge is 2.36. The SMILES string of the molecule is CCC[N+](C)(C)CCCCC[Si](OC)(OC)OC. The van der Waals surface area contributed by atoms with Gasteiger partial charge in [0.1, 0.15) is 0 Å². The van der Waals surface area contributed by atoms with Gasteiger partial charge in [0, 0.05) is 27.4 Å². The second-order valence-electron chi connectivity index (χ2n) is 5.49. The van der Waals surface area contributed by atoms with E-state index in [1.165, 1.54) is 32.4 Å². The van der Waals surface area contributed by atoms with Crippen LogP contribution in [0.15, 0.2) is 0 Å². The van der Waals surface area contributed by atoms with Crippen molar-refractivity contribution in [2.24, 2.45) is 0 Å². The summed E-state index contributed by atoms with van der Waals surface area (Å²) in [6.07, 6.45) is 4.85. The summed E-state index contributed by atoms with van der Waals surface area (Å²) in [6.45, 7) is 4.75. The lowest BCUT2D eigenvalue weighted by molar-refractivity contribution is -0.890. The number of hydrogen-bond acceptors (Lipinski definition) is 3. The topological polar surface area (TPSA) is 27.7 Å². The van der Waals surface area contributed by atoms with Crippen molar-refractivity contribution in [3.63, 3.8) is 0 Å². The maximum Gasteiger partial charge on any atom is 0.500 e. The minimum absolute atomic E-state index is 0.914. The first kappa shape index (κ1) is 18.1. The van der Waals surface area contributed by atoms with Gasteiger partial charge in [-0.05, 0) is 25.7 Å². The lowest BCUT2D eigenvalue weighted by atomic mass is 10.2. The van der Waals surface area contributed by atoms with Crippen LogP contribution in [0.4, 0.5) is 0 Å². The third kappa shape index (κ3) is 6.85. The van der Waals surface area contributed by atoms with Crippen LogP contribution in [0.3, 0.4) is 0 Å². The quantitative estimate of drug-likeness (QED) is 0.330. The Hall–Kier alpha value is 0.0569. The molecule has 0 saturated carbocycles. The van der Waals surface area contributed by atoms with Crippen LogP contribution in [0.1, 0.15) is 32.6 Å². The molecule has 0 N–H and O–H groups in total. The van der Waals surface area contributed by atoms with Crippen LogP contribution in [0.5, 0.6) is 0 Å². The van der Waals surface area contributed by atoms with Gasteiger partial charge in [0.15, 0.2) is 0 Å². The molecule has 0 aromatic carbocycles. The molecule has 18 heavy (non-hydrogen) atoms. The van der Waals surface area contributed by atoms with E-state index in [4.69, 9.17) is 13.3 Å². The van der Waals surface area contributed by atoms with Crippen molar-refractivity contribution in [1.29, 1.82) is 0 Å². The molecule has 0 rings (SSSR count). The van der Waals surface area contributed by atoms with Crippen LogP contribution >= 0.6 is 0 Å². The second kappa shape index (κ2) is 9.04. The molecule has 0 fully saturated rings. The molecular weight excluding hydrogens is 246 g/mol. The zero-order valence-electron chi connectivity index (χ0n) is 13.1. The summed E-state index contributed by atoms with van der Waals surface area (Å²) in [5, 5.41) is 0. The molecule has 0 atom stereocenters. The molecule has 5 heteroatoms. The number of rotatable bonds is 11. The predicted octanol–water partition coefficient (Wildman–Crippen LogP) is 2.52. The fraction of sp³-hybridized carbons (Fsp3) is 1.00. The molecule has 4 nitrogen and oxygen atoms in total. The van der Waals surface area contributed by atoms with Gasteiger partial charge in [-0.1, -0.05) is 6.92 Å². The van der Waals surface area contributed by atoms with Crippen molar-refractivity contribution < 1.29 is 17.8 Å². The molecule has 0 aliphatic rings. The van der Waals surface area contributed by atoms with E-state index in [-0.39, 0.29) is 0 Å². The van der Waals surface area contributed by atoms with E-state index in [0.717, 1.165) is 16.9 Å². The van der Waals surface area contributed by atoms with Gasteiger partial charge in [-0.3, -0.25) is 0 Å². The van der Waals surface area contributed by atoms with Crippen LogP contribution in [0, 0.1) is 0 Å². The average molecular weight is 278 g/mol. The summed E-state index contributed by atoms with van der Waals surface area (Å²) < 4.78 is 17.4. The summed E-state index contributed by atoms with van der Waals surface area (Å²) in [4.78, 5) is 0. The maximum absolute atomic E-state index is 5.41. The fourth-order valence-electron chi connectivity index (χ4n) is 2.33. The normalized spacial score (nSPS) is 13.0. The van der Waals surface area contributed by atoms with Crippen molar-refractivity contribution >= 4 is 8.80 Å². The number of hydrogen-bond donors (Lipinski definition) is 0. The fourth-order valence-corrected chi connectivity index (χ4v) is 4.13. The number of quaternary nitrogens is 1. The first-order valence-corrected chi connectivity index (χ1v) is 8.86. The molecule has 0 aliphatic carbocycles. The molecule has 0 spiro atoms. The van der Waals surface area contributed by atoms with E-state index in [1.54, 1.807) is 21.3 Å². The highest BCUT2D eigenvalue weighted by molar-refractivity contribution is 6.60. The van der Waals surface area contributed by atoms with E-state index >= 15 is 0 Å². The van der Waals surface area contributed by atoms with E-state index in [9.17, 15) is 0 Å². The van der Waals surface area contributed by atoms with E-state index in [1.807, 2.05) is 0 Å². The van der Waals surface area contributed by atoms with E-state index < -0.39 is 8.80 Å². The van der Waals surface area contributed by atoms with Crippen LogP contribution in [-0.2, 0) is 13.3 Å². The molecule has 0 heterocycles. The van der Waals surface area contributed by atoms with E-state index in [0.29, 0.717) is 0 Å². The van der Waals surface area contributed by atoms with Crippen LogP contribution < -0.4 is 0 Å². The summed E-state index contributed by atoms with van der Waals surface area (Å²) in [6, 6.07) is 0.914. The lowest BCUT2D eigenvalue weighted by Gasteiger charge is -2.29. The monoisotopic (exact) mass is 278 g/mol. The Kier molecular flexibility index (Phi) is 9.07. The Morgan fingerprint density at radius 2 is 1.39 bits per heavy atom. The van der Waals surface area contributed by atoms with Gasteiger partial charge < -0.3 is 17.8 Å². The van der Waals surface area contributed by atoms with E-state index in [2.05, 4.69) is 21.0 Å². The molecule has 0 radical (unpaired) electrons. The summed E-state index contributed by atoms with van der Waals surface area (Å²) >= 11 is 0. The Morgan fingerprint density at radius 1 is 0.833 bits per heavy atom. The van der Waals surface area contributed by atoms with Gasteiger partial charge >= 0.3 is 8.80 Å². The molecule has 0 aliphatic heterocycles. The van der Waals surface area contributed by atoms with Gasteiger partial charge in [0.25, 0.3) is 0 Å². The molecule has 0 aromatic rings. The third-order valence-electron chi connectivity index (χ3n) is 3.51. The molecule has 0 aromatic heterocycles. The zero-order chi connectivity index (χ0) is 14.1. The Morgan fingerprint density at radius 3 is 1.83 bits per heavy atom. The van der Waals surface area contributed by atoms with Crippen LogP contribution in [-0.4, -0.2) is 61.8 Å². The second-order valence-corrected chi connectivity index (χ2v) is 8.58. The highest BCUT2D eigenvalue weighted by atomic mass is 28.4. The van der Waals surface area contributed by atoms with Gasteiger partial charge in [-0.25, -0.2) is 0 Å². The molecule has 0 unspecified atom stereocenters. The first-order chi connectivity index (χ1) is 8.45. The third-order valence-corrected chi connectivity index (χ3v) is 6.34. The van der Waals surface area contributed by atoms with Crippen LogP contribution in [0.25, 0.3) is 0 Å². The lowest BCUT2D eigenvalue weighted by Crippen LogP contribution is -2.42. The Bertz CT molecular complexity index is 200. The summed E-state index contributed by atoms with van der Waals surface area (Å²) in [5.74, 6) is 0. The van der Waals surface area contributed by atoms with Crippen LogP contribution in [0.2, 0.25) is 6.04 Å². The van der Waals surface area contributed by atoms with Gasteiger partial charge in [0.2, 0.25) is 0 Å². The smallest absolute Gasteiger partial charge is 0.377 e. The summed E-state index contributed by atoms with van der Waals surface area (Å²) in [7, 11) is 7.32. The number of unbranched alkanes of at least 4 members (excludes halogenated alkanes) is 2. The predicted molar refractivity (Wildman–Crippen MR) is 77.6 cm³/mol. The number of nitrogens with zero attached hydrogens (tertiary/aromatic N) is 1. The summed E-state index contributed by atoms with van der Waals surface area (Å²) in [5.41, 5.74) is 0. The van der Waals surface area contributed by atoms with Crippen molar-refractivity contribution in [1.82, 2.24) is 0 Å². The van der Waals surface area contributed by atoms with Crippen molar-refractivity contribution in [3.8, 4) is 0 Å². The van der Waals surface area contributed by atoms with Crippen molar-refractivity contribution in [2.45, 2.75) is 38.7 Å². The van der Waals surface area contributed by atoms with Gasteiger partial charge in [-0.15, -0.1) is 0 Å². The van der Waals surface area contributed by atoms with Gasteiger partial charge in [-0.2, -0.15) is 0 Å². The van der Waals surface area contributed by atoms with Crippen molar-refractivity contribution in [3.05, 3.63) is 0 Å². The average Bonchev–Trinajstić information content (AvgIpc) is 2.34. The minimum Gasteiger partial charge on any atom is -0.377 e. The zero-order valence-corrected chi connectivity index (χ0v) is 14.1. The maximum atomic E-state index is 5.41. The Balaban J connectivity index is 3.79. The largest absolute Gasteiger partial charge is 0.500 e. The minimum atomic E-state index is -2.33.